The SMILES string of the molecule is C=C(c1cccc(OC)c1)C(O)c1ccccc1. The van der Waals surface area contributed by atoms with Gasteiger partial charge in [0.2, 0.25) is 0 Å². The Morgan fingerprint density at radius 1 is 1.11 bits per heavy atom. The van der Waals surface area contributed by atoms with E-state index in [1.807, 2.05) is 54.6 Å². The van der Waals surface area contributed by atoms with Gasteiger partial charge in [-0.05, 0) is 28.8 Å². The number of aliphatic hydroxyl groups is 1. The van der Waals surface area contributed by atoms with E-state index in [9.17, 15) is 5.11 Å². The molecule has 0 aliphatic heterocycles. The third kappa shape index (κ3) is 2.60. The van der Waals surface area contributed by atoms with E-state index in [1.54, 1.807) is 7.11 Å². The molecular weight excluding hydrogens is 224 g/mol. The van der Waals surface area contributed by atoms with Gasteiger partial charge < -0.3 is 9.84 Å². The van der Waals surface area contributed by atoms with Crippen LogP contribution in [0.25, 0.3) is 5.57 Å². The first-order chi connectivity index (χ1) is 8.72. The normalized spacial score (nSPS) is 11.9. The standard InChI is InChI=1S/C16H16O2/c1-12(14-9-6-10-15(11-14)18-2)16(17)13-7-4-3-5-8-13/h3-11,16-17H,1H2,2H3. The first kappa shape index (κ1) is 12.4. The van der Waals surface area contributed by atoms with Gasteiger partial charge in [-0.3, -0.25) is 0 Å². The average Bonchev–Trinajstić information content (AvgIpc) is 2.46. The van der Waals surface area contributed by atoms with Crippen molar-refractivity contribution in [3.05, 3.63) is 72.3 Å². The number of methoxy groups -OCH3 is 1. The lowest BCUT2D eigenvalue weighted by Crippen LogP contribution is -2.00. The molecule has 1 unspecified atom stereocenters. The van der Waals surface area contributed by atoms with Crippen LogP contribution in [0.5, 0.6) is 5.75 Å². The molecule has 2 heteroatoms. The van der Waals surface area contributed by atoms with Crippen LogP contribution in [0.15, 0.2) is 61.2 Å². The quantitative estimate of drug-likeness (QED) is 0.887. The molecule has 0 amide bonds. The minimum absolute atomic E-state index is 0.667. The van der Waals surface area contributed by atoms with Crippen LogP contribution >= 0.6 is 0 Å². The Hall–Kier alpha value is -2.06. The van der Waals surface area contributed by atoms with Gasteiger partial charge in [-0.2, -0.15) is 0 Å². The Morgan fingerprint density at radius 3 is 2.50 bits per heavy atom. The summed E-state index contributed by atoms with van der Waals surface area (Å²) in [5.41, 5.74) is 2.39. The summed E-state index contributed by atoms with van der Waals surface area (Å²) in [6, 6.07) is 17.0. The summed E-state index contributed by atoms with van der Waals surface area (Å²) in [6.45, 7) is 3.97. The molecule has 0 radical (unpaired) electrons. The van der Waals surface area contributed by atoms with Crippen LogP contribution in [0, 0.1) is 0 Å². The molecule has 0 saturated heterocycles. The van der Waals surface area contributed by atoms with E-state index in [4.69, 9.17) is 4.74 Å². The molecule has 0 aliphatic carbocycles. The lowest BCUT2D eigenvalue weighted by atomic mass is 9.96. The highest BCUT2D eigenvalue weighted by Gasteiger charge is 2.13. The second kappa shape index (κ2) is 5.52. The van der Waals surface area contributed by atoms with E-state index in [1.165, 1.54) is 0 Å². The van der Waals surface area contributed by atoms with Crippen molar-refractivity contribution in [1.29, 1.82) is 0 Å². The minimum atomic E-state index is -0.696. The molecule has 1 atom stereocenters. The maximum absolute atomic E-state index is 10.3. The Labute approximate surface area is 107 Å². The number of aliphatic hydroxyl groups excluding tert-OH is 1. The average molecular weight is 240 g/mol. The Kier molecular flexibility index (Phi) is 3.80. The molecule has 0 heterocycles. The van der Waals surface area contributed by atoms with Gasteiger partial charge in [0.1, 0.15) is 11.9 Å². The van der Waals surface area contributed by atoms with Crippen LogP contribution in [0.2, 0.25) is 0 Å². The number of benzene rings is 2. The van der Waals surface area contributed by atoms with Gasteiger partial charge in [-0.1, -0.05) is 49.0 Å². The van der Waals surface area contributed by atoms with Crippen molar-refractivity contribution >= 4 is 5.57 Å². The van der Waals surface area contributed by atoms with E-state index in [2.05, 4.69) is 6.58 Å². The zero-order valence-electron chi connectivity index (χ0n) is 10.3. The molecule has 0 spiro atoms. The molecule has 1 N–H and O–H groups in total. The largest absolute Gasteiger partial charge is 0.497 e. The lowest BCUT2D eigenvalue weighted by molar-refractivity contribution is 0.238. The van der Waals surface area contributed by atoms with Crippen molar-refractivity contribution in [2.45, 2.75) is 6.10 Å². The third-order valence-electron chi connectivity index (χ3n) is 2.89. The molecule has 0 bridgehead atoms. The second-order valence-corrected chi connectivity index (χ2v) is 4.07. The fraction of sp³-hybridized carbons (Fsp3) is 0.125. The molecule has 18 heavy (non-hydrogen) atoms. The first-order valence-electron chi connectivity index (χ1n) is 5.78. The predicted molar refractivity (Wildman–Crippen MR) is 73.4 cm³/mol. The number of ether oxygens (including phenoxy) is 1. The van der Waals surface area contributed by atoms with Gasteiger partial charge in [0.05, 0.1) is 7.11 Å². The van der Waals surface area contributed by atoms with Crippen molar-refractivity contribution in [3.8, 4) is 5.75 Å². The minimum Gasteiger partial charge on any atom is -0.497 e. The van der Waals surface area contributed by atoms with Gasteiger partial charge in [0, 0.05) is 0 Å². The predicted octanol–water partition coefficient (Wildman–Crippen LogP) is 3.44. The summed E-state index contributed by atoms with van der Waals surface area (Å²) in [5, 5.41) is 10.3. The Bertz CT molecular complexity index is 532. The van der Waals surface area contributed by atoms with Gasteiger partial charge in [0.15, 0.2) is 0 Å². The van der Waals surface area contributed by atoms with Crippen LogP contribution in [0.4, 0.5) is 0 Å². The van der Waals surface area contributed by atoms with E-state index < -0.39 is 6.10 Å². The third-order valence-corrected chi connectivity index (χ3v) is 2.89. The van der Waals surface area contributed by atoms with Crippen LogP contribution in [0.1, 0.15) is 17.2 Å². The first-order valence-corrected chi connectivity index (χ1v) is 5.78. The highest BCUT2D eigenvalue weighted by Crippen LogP contribution is 2.29. The van der Waals surface area contributed by atoms with Gasteiger partial charge >= 0.3 is 0 Å². The van der Waals surface area contributed by atoms with E-state index >= 15 is 0 Å². The summed E-state index contributed by atoms with van der Waals surface area (Å²) in [6.07, 6.45) is -0.696. The molecule has 0 saturated carbocycles. The van der Waals surface area contributed by atoms with E-state index in [0.717, 1.165) is 16.9 Å². The highest BCUT2D eigenvalue weighted by molar-refractivity contribution is 5.69. The molecular formula is C16H16O2. The van der Waals surface area contributed by atoms with E-state index in [0.29, 0.717) is 5.57 Å². The highest BCUT2D eigenvalue weighted by atomic mass is 16.5. The smallest absolute Gasteiger partial charge is 0.119 e. The monoisotopic (exact) mass is 240 g/mol. The summed E-state index contributed by atoms with van der Waals surface area (Å²) in [7, 11) is 1.62. The molecule has 92 valence electrons. The summed E-state index contributed by atoms with van der Waals surface area (Å²) in [5.74, 6) is 0.758. The van der Waals surface area contributed by atoms with Crippen molar-refractivity contribution in [3.63, 3.8) is 0 Å². The molecule has 0 fully saturated rings. The fourth-order valence-electron chi connectivity index (χ4n) is 1.82. The van der Waals surface area contributed by atoms with Crippen molar-refractivity contribution in [2.75, 3.05) is 7.11 Å². The molecule has 2 aromatic carbocycles. The maximum atomic E-state index is 10.3. The Balaban J connectivity index is 2.25. The van der Waals surface area contributed by atoms with Gasteiger partial charge in [-0.25, -0.2) is 0 Å². The number of hydrogen-bond donors (Lipinski definition) is 1. The van der Waals surface area contributed by atoms with Crippen molar-refractivity contribution in [2.24, 2.45) is 0 Å². The molecule has 2 aromatic rings. The topological polar surface area (TPSA) is 29.5 Å². The number of rotatable bonds is 4. The zero-order valence-corrected chi connectivity index (χ0v) is 10.3. The van der Waals surface area contributed by atoms with Crippen LogP contribution in [-0.2, 0) is 0 Å². The van der Waals surface area contributed by atoms with Crippen LogP contribution < -0.4 is 4.74 Å². The van der Waals surface area contributed by atoms with Crippen LogP contribution in [0.3, 0.4) is 0 Å². The second-order valence-electron chi connectivity index (χ2n) is 4.07. The summed E-state index contributed by atoms with van der Waals surface area (Å²) < 4.78 is 5.17. The number of hydrogen-bond acceptors (Lipinski definition) is 2. The molecule has 0 aliphatic rings. The lowest BCUT2D eigenvalue weighted by Gasteiger charge is -2.15. The molecule has 2 nitrogen and oxygen atoms in total. The molecule has 2 rings (SSSR count). The van der Waals surface area contributed by atoms with Crippen molar-refractivity contribution < 1.29 is 9.84 Å². The summed E-state index contributed by atoms with van der Waals surface area (Å²) >= 11 is 0. The van der Waals surface area contributed by atoms with Crippen molar-refractivity contribution in [1.82, 2.24) is 0 Å². The maximum Gasteiger partial charge on any atom is 0.119 e. The van der Waals surface area contributed by atoms with Crippen LogP contribution in [-0.4, -0.2) is 12.2 Å². The Morgan fingerprint density at radius 2 is 1.83 bits per heavy atom. The van der Waals surface area contributed by atoms with Gasteiger partial charge in [0.25, 0.3) is 0 Å². The fourth-order valence-corrected chi connectivity index (χ4v) is 1.82. The zero-order chi connectivity index (χ0) is 13.0. The van der Waals surface area contributed by atoms with E-state index in [-0.39, 0.29) is 0 Å². The summed E-state index contributed by atoms with van der Waals surface area (Å²) in [4.78, 5) is 0. The molecule has 0 aromatic heterocycles. The van der Waals surface area contributed by atoms with Gasteiger partial charge in [-0.15, -0.1) is 0 Å².